The molecule has 0 aromatic carbocycles. The monoisotopic (exact) mass is 348 g/mol. The highest BCUT2D eigenvalue weighted by molar-refractivity contribution is 5.53. The lowest BCUT2D eigenvalue weighted by Gasteiger charge is -2.13. The van der Waals surface area contributed by atoms with Crippen LogP contribution in [0, 0.1) is 0 Å². The van der Waals surface area contributed by atoms with Crippen molar-refractivity contribution >= 4 is 6.16 Å². The summed E-state index contributed by atoms with van der Waals surface area (Å²) < 4.78 is 10.8. The van der Waals surface area contributed by atoms with Gasteiger partial charge in [-0.3, -0.25) is 9.80 Å². The van der Waals surface area contributed by atoms with Crippen LogP contribution in [0.1, 0.15) is 52.4 Å². The van der Waals surface area contributed by atoms with Gasteiger partial charge in [0.25, 0.3) is 0 Å². The van der Waals surface area contributed by atoms with Gasteiger partial charge < -0.3 is 19.7 Å². The van der Waals surface area contributed by atoms with Crippen LogP contribution < -0.4 is 0 Å². The van der Waals surface area contributed by atoms with Crippen LogP contribution in [0.2, 0.25) is 0 Å². The molecule has 2 N–H and O–H groups in total. The van der Waals surface area contributed by atoms with E-state index in [1.165, 1.54) is 51.9 Å². The van der Waals surface area contributed by atoms with Crippen LogP contribution in [0.25, 0.3) is 0 Å². The standard InChI is InChI=1S/2C8H17NO.CH2O3/c2*1-2-7-10-8-9-5-3-4-6-9;2-1(3)4/h2*2-8H2,1H3;(H2,2,3,4). The Balaban J connectivity index is 0.000000363. The highest BCUT2D eigenvalue weighted by Gasteiger charge is 2.10. The molecular weight excluding hydrogens is 312 g/mol. The van der Waals surface area contributed by atoms with Crippen molar-refractivity contribution in [2.24, 2.45) is 0 Å². The normalized spacial score (nSPS) is 17.8. The lowest BCUT2D eigenvalue weighted by atomic mass is 10.4. The summed E-state index contributed by atoms with van der Waals surface area (Å²) in [5, 5.41) is 13.9. The van der Waals surface area contributed by atoms with E-state index < -0.39 is 6.16 Å². The lowest BCUT2D eigenvalue weighted by molar-refractivity contribution is 0.0421. The smallest absolute Gasteiger partial charge is 0.450 e. The number of carboxylic acid groups (broad SMARTS) is 2. The average Bonchev–Trinajstić information content (AvgIpc) is 3.21. The van der Waals surface area contributed by atoms with Crippen LogP contribution in [0.15, 0.2) is 0 Å². The van der Waals surface area contributed by atoms with E-state index in [1.807, 2.05) is 0 Å². The molecule has 2 saturated heterocycles. The van der Waals surface area contributed by atoms with Crippen LogP contribution in [0.3, 0.4) is 0 Å². The van der Waals surface area contributed by atoms with Gasteiger partial charge in [0.2, 0.25) is 0 Å². The van der Waals surface area contributed by atoms with Crippen LogP contribution >= 0.6 is 0 Å². The first kappa shape index (κ1) is 23.1. The number of hydrogen-bond donors (Lipinski definition) is 2. The molecule has 2 fully saturated rings. The van der Waals surface area contributed by atoms with Crippen molar-refractivity contribution in [3.63, 3.8) is 0 Å². The maximum Gasteiger partial charge on any atom is 0.503 e. The minimum atomic E-state index is -1.83. The fourth-order valence-electron chi connectivity index (χ4n) is 2.50. The first-order valence-corrected chi connectivity index (χ1v) is 9.12. The number of likely N-dealkylation sites (tertiary alicyclic amines) is 2. The Kier molecular flexibility index (Phi) is 16.3. The maximum atomic E-state index is 8.56. The third-order valence-electron chi connectivity index (χ3n) is 3.64. The molecule has 0 aromatic heterocycles. The van der Waals surface area contributed by atoms with E-state index in [-0.39, 0.29) is 0 Å². The number of carbonyl (C=O) groups is 1. The van der Waals surface area contributed by atoms with E-state index in [4.69, 9.17) is 24.5 Å². The molecule has 24 heavy (non-hydrogen) atoms. The summed E-state index contributed by atoms with van der Waals surface area (Å²) in [5.74, 6) is 0. The first-order valence-electron chi connectivity index (χ1n) is 9.12. The molecule has 2 heterocycles. The quantitative estimate of drug-likeness (QED) is 0.652. The van der Waals surface area contributed by atoms with Crippen molar-refractivity contribution in [3.05, 3.63) is 0 Å². The molecule has 0 aliphatic carbocycles. The van der Waals surface area contributed by atoms with Gasteiger partial charge >= 0.3 is 6.16 Å². The van der Waals surface area contributed by atoms with Gasteiger partial charge in [-0.1, -0.05) is 13.8 Å². The van der Waals surface area contributed by atoms with Crippen molar-refractivity contribution in [3.8, 4) is 0 Å². The summed E-state index contributed by atoms with van der Waals surface area (Å²) in [6, 6.07) is 0. The molecule has 2 aliphatic heterocycles. The molecule has 0 bridgehead atoms. The van der Waals surface area contributed by atoms with E-state index in [1.54, 1.807) is 0 Å². The second-order valence-electron chi connectivity index (χ2n) is 6.01. The summed E-state index contributed by atoms with van der Waals surface area (Å²) in [5.41, 5.74) is 0. The third kappa shape index (κ3) is 16.0. The predicted octanol–water partition coefficient (Wildman–Crippen LogP) is 3.16. The van der Waals surface area contributed by atoms with Crippen LogP contribution in [0.5, 0.6) is 0 Å². The summed E-state index contributed by atoms with van der Waals surface area (Å²) in [6.45, 7) is 12.8. The van der Waals surface area contributed by atoms with Crippen molar-refractivity contribution in [1.29, 1.82) is 0 Å². The van der Waals surface area contributed by atoms with E-state index in [9.17, 15) is 0 Å². The zero-order chi connectivity index (χ0) is 18.0. The Labute approximate surface area is 146 Å². The first-order chi connectivity index (χ1) is 11.6. The topological polar surface area (TPSA) is 82.5 Å². The Morgan fingerprint density at radius 2 is 1.08 bits per heavy atom. The molecule has 0 saturated carbocycles. The van der Waals surface area contributed by atoms with Gasteiger partial charge in [-0.2, -0.15) is 0 Å². The third-order valence-corrected chi connectivity index (χ3v) is 3.64. The van der Waals surface area contributed by atoms with Gasteiger partial charge in [-0.15, -0.1) is 0 Å². The lowest BCUT2D eigenvalue weighted by Crippen LogP contribution is -2.22. The van der Waals surface area contributed by atoms with E-state index >= 15 is 0 Å². The number of rotatable bonds is 8. The fraction of sp³-hybridized carbons (Fsp3) is 0.941. The zero-order valence-corrected chi connectivity index (χ0v) is 15.4. The molecule has 144 valence electrons. The average molecular weight is 348 g/mol. The maximum absolute atomic E-state index is 8.56. The number of nitrogens with zero attached hydrogens (tertiary/aromatic N) is 2. The van der Waals surface area contributed by atoms with Crippen LogP contribution in [-0.2, 0) is 9.47 Å². The SMILES string of the molecule is CCCOCN1CCCC1.CCCOCN1CCCC1.O=C(O)O. The molecule has 0 amide bonds. The second-order valence-corrected chi connectivity index (χ2v) is 6.01. The van der Waals surface area contributed by atoms with Crippen molar-refractivity contribution in [2.75, 3.05) is 52.9 Å². The van der Waals surface area contributed by atoms with Gasteiger partial charge in [0.15, 0.2) is 0 Å². The van der Waals surface area contributed by atoms with E-state index in [2.05, 4.69) is 23.6 Å². The molecule has 7 heteroatoms. The Morgan fingerprint density at radius 1 is 0.792 bits per heavy atom. The zero-order valence-electron chi connectivity index (χ0n) is 15.4. The van der Waals surface area contributed by atoms with Gasteiger partial charge in [0, 0.05) is 39.4 Å². The molecule has 0 radical (unpaired) electrons. The number of ether oxygens (including phenoxy) is 2. The summed E-state index contributed by atoms with van der Waals surface area (Å²) >= 11 is 0. The highest BCUT2D eigenvalue weighted by atomic mass is 16.6. The molecule has 0 aromatic rings. The second kappa shape index (κ2) is 17.0. The number of hydrogen-bond acceptors (Lipinski definition) is 5. The molecule has 0 unspecified atom stereocenters. The summed E-state index contributed by atoms with van der Waals surface area (Å²) in [4.78, 5) is 13.3. The summed E-state index contributed by atoms with van der Waals surface area (Å²) in [6.07, 6.45) is 5.86. The molecule has 2 aliphatic rings. The minimum Gasteiger partial charge on any atom is -0.450 e. The molecule has 2 rings (SSSR count). The highest BCUT2D eigenvalue weighted by Crippen LogP contribution is 2.06. The van der Waals surface area contributed by atoms with Crippen LogP contribution in [0.4, 0.5) is 4.79 Å². The van der Waals surface area contributed by atoms with Gasteiger partial charge in [0.05, 0.1) is 13.5 Å². The summed E-state index contributed by atoms with van der Waals surface area (Å²) in [7, 11) is 0. The molecule has 0 atom stereocenters. The largest absolute Gasteiger partial charge is 0.503 e. The fourth-order valence-corrected chi connectivity index (χ4v) is 2.50. The Bertz CT molecular complexity index is 254. The van der Waals surface area contributed by atoms with Crippen molar-refractivity contribution in [2.45, 2.75) is 52.4 Å². The molecule has 7 nitrogen and oxygen atoms in total. The van der Waals surface area contributed by atoms with E-state index in [0.29, 0.717) is 0 Å². The minimum absolute atomic E-state index is 0.855. The van der Waals surface area contributed by atoms with Gasteiger partial charge in [0.1, 0.15) is 0 Å². The molecular formula is C17H36N2O5. The van der Waals surface area contributed by atoms with Crippen LogP contribution in [-0.4, -0.2) is 79.0 Å². The van der Waals surface area contributed by atoms with Crippen molar-refractivity contribution in [1.82, 2.24) is 9.80 Å². The molecule has 0 spiro atoms. The predicted molar refractivity (Wildman–Crippen MR) is 94.5 cm³/mol. The van der Waals surface area contributed by atoms with E-state index in [0.717, 1.165) is 39.5 Å². The van der Waals surface area contributed by atoms with Gasteiger partial charge in [-0.25, -0.2) is 4.79 Å². The van der Waals surface area contributed by atoms with Crippen molar-refractivity contribution < 1.29 is 24.5 Å². The Morgan fingerprint density at radius 3 is 1.33 bits per heavy atom. The Hall–Kier alpha value is -0.890. The van der Waals surface area contributed by atoms with Gasteiger partial charge in [-0.05, 0) is 38.5 Å².